The van der Waals surface area contributed by atoms with E-state index in [0.717, 1.165) is 5.56 Å². The highest BCUT2D eigenvalue weighted by Gasteiger charge is 2.10. The number of nitrogens with two attached hydrogens (primary N) is 1. The second kappa shape index (κ2) is 6.64. The van der Waals surface area contributed by atoms with Gasteiger partial charge in [-0.3, -0.25) is 4.79 Å². The lowest BCUT2D eigenvalue weighted by Gasteiger charge is -2.09. The molecule has 2 rings (SSSR count). The number of aryl methyl sites for hydroxylation is 1. The number of amides is 1. The summed E-state index contributed by atoms with van der Waals surface area (Å²) in [6.07, 6.45) is 0.885. The van der Waals surface area contributed by atoms with Crippen molar-refractivity contribution < 1.29 is 4.79 Å². The molecule has 3 N–H and O–H groups in total. The van der Waals surface area contributed by atoms with Gasteiger partial charge in [-0.05, 0) is 30.2 Å². The first-order chi connectivity index (χ1) is 9.58. The largest absolute Gasteiger partial charge is 0.399 e. The Morgan fingerprint density at radius 1 is 1.05 bits per heavy atom. The van der Waals surface area contributed by atoms with Gasteiger partial charge < -0.3 is 11.1 Å². The van der Waals surface area contributed by atoms with E-state index in [4.69, 9.17) is 28.9 Å². The third kappa shape index (κ3) is 3.65. The number of para-hydroxylation sites is 2. The molecule has 0 atom stereocenters. The van der Waals surface area contributed by atoms with E-state index in [1.165, 1.54) is 0 Å². The van der Waals surface area contributed by atoms with Crippen molar-refractivity contribution in [1.82, 2.24) is 0 Å². The third-order valence-electron chi connectivity index (χ3n) is 2.90. The summed E-state index contributed by atoms with van der Waals surface area (Å²) in [5.74, 6) is -0.150. The van der Waals surface area contributed by atoms with Gasteiger partial charge in [0.15, 0.2) is 0 Å². The Kier molecular flexibility index (Phi) is 4.88. The predicted molar refractivity (Wildman–Crippen MR) is 84.3 cm³/mol. The van der Waals surface area contributed by atoms with E-state index in [9.17, 15) is 4.79 Å². The third-order valence-corrected chi connectivity index (χ3v) is 3.53. The van der Waals surface area contributed by atoms with Crippen LogP contribution >= 0.6 is 23.2 Å². The molecule has 0 aromatic heterocycles. The molecule has 0 aliphatic heterocycles. The number of nitrogens with one attached hydrogen (secondary N) is 1. The second-order valence-corrected chi connectivity index (χ2v) is 5.16. The molecule has 104 valence electrons. The van der Waals surface area contributed by atoms with Crippen LogP contribution in [0.1, 0.15) is 12.0 Å². The maximum atomic E-state index is 11.9. The number of carbonyl (C=O) groups is 1. The van der Waals surface area contributed by atoms with Crippen LogP contribution < -0.4 is 11.1 Å². The van der Waals surface area contributed by atoms with Crippen LogP contribution in [0, 0.1) is 0 Å². The molecule has 3 nitrogen and oxygen atoms in total. The van der Waals surface area contributed by atoms with Crippen molar-refractivity contribution in [3.63, 3.8) is 0 Å². The van der Waals surface area contributed by atoms with Crippen molar-refractivity contribution in [3.05, 3.63) is 58.1 Å². The van der Waals surface area contributed by atoms with Crippen molar-refractivity contribution in [1.29, 1.82) is 0 Å². The summed E-state index contributed by atoms with van der Waals surface area (Å²) in [6, 6.07) is 12.6. The number of anilines is 2. The number of carbonyl (C=O) groups excluding carboxylic acids is 1. The van der Waals surface area contributed by atoms with Gasteiger partial charge in [-0.1, -0.05) is 47.5 Å². The number of rotatable bonds is 4. The average molecular weight is 309 g/mol. The van der Waals surface area contributed by atoms with E-state index in [1.807, 2.05) is 24.3 Å². The Morgan fingerprint density at radius 3 is 2.35 bits per heavy atom. The van der Waals surface area contributed by atoms with Crippen LogP contribution in [0.4, 0.5) is 11.4 Å². The van der Waals surface area contributed by atoms with Gasteiger partial charge in [-0.15, -0.1) is 0 Å². The summed E-state index contributed by atoms with van der Waals surface area (Å²) >= 11 is 12.0. The van der Waals surface area contributed by atoms with Gasteiger partial charge in [0, 0.05) is 12.1 Å². The normalized spacial score (nSPS) is 10.3. The van der Waals surface area contributed by atoms with Gasteiger partial charge in [0.2, 0.25) is 5.91 Å². The van der Waals surface area contributed by atoms with E-state index in [1.54, 1.807) is 18.2 Å². The van der Waals surface area contributed by atoms with Crippen LogP contribution in [-0.2, 0) is 11.2 Å². The van der Waals surface area contributed by atoms with Crippen LogP contribution in [0.15, 0.2) is 42.5 Å². The summed E-state index contributed by atoms with van der Waals surface area (Å²) in [5.41, 5.74) is 7.92. The van der Waals surface area contributed by atoms with E-state index >= 15 is 0 Å². The first-order valence-corrected chi connectivity index (χ1v) is 6.91. The lowest BCUT2D eigenvalue weighted by atomic mass is 10.1. The second-order valence-electron chi connectivity index (χ2n) is 4.34. The highest BCUT2D eigenvalue weighted by Crippen LogP contribution is 2.29. The van der Waals surface area contributed by atoms with Crippen LogP contribution in [0.25, 0.3) is 0 Å². The Morgan fingerprint density at radius 2 is 1.70 bits per heavy atom. The van der Waals surface area contributed by atoms with E-state index < -0.39 is 0 Å². The van der Waals surface area contributed by atoms with E-state index in [0.29, 0.717) is 34.3 Å². The van der Waals surface area contributed by atoms with Crippen molar-refractivity contribution in [2.45, 2.75) is 12.8 Å². The van der Waals surface area contributed by atoms with Crippen molar-refractivity contribution in [2.24, 2.45) is 0 Å². The fourth-order valence-electron chi connectivity index (χ4n) is 1.83. The molecule has 0 bridgehead atoms. The van der Waals surface area contributed by atoms with Gasteiger partial charge in [0.25, 0.3) is 0 Å². The summed E-state index contributed by atoms with van der Waals surface area (Å²) in [7, 11) is 0. The molecule has 0 spiro atoms. The SMILES string of the molecule is Nc1ccccc1CCC(=O)Nc1c(Cl)cccc1Cl. The molecule has 2 aromatic carbocycles. The number of benzene rings is 2. The zero-order valence-corrected chi connectivity index (χ0v) is 12.2. The van der Waals surface area contributed by atoms with Crippen LogP contribution in [0.3, 0.4) is 0 Å². The molecule has 5 heteroatoms. The van der Waals surface area contributed by atoms with E-state index in [2.05, 4.69) is 5.32 Å². The molecule has 0 unspecified atom stereocenters. The molecular formula is C15H14Cl2N2O. The molecule has 20 heavy (non-hydrogen) atoms. The molecule has 1 amide bonds. The minimum absolute atomic E-state index is 0.150. The quantitative estimate of drug-likeness (QED) is 0.834. The maximum absolute atomic E-state index is 11.9. The first kappa shape index (κ1) is 14.7. The van der Waals surface area contributed by atoms with Gasteiger partial charge in [-0.25, -0.2) is 0 Å². The van der Waals surface area contributed by atoms with Gasteiger partial charge in [-0.2, -0.15) is 0 Å². The molecule has 0 aliphatic rings. The highest BCUT2D eigenvalue weighted by atomic mass is 35.5. The Balaban J connectivity index is 1.98. The van der Waals surface area contributed by atoms with Crippen LogP contribution in [0.5, 0.6) is 0 Å². The van der Waals surface area contributed by atoms with E-state index in [-0.39, 0.29) is 5.91 Å². The number of hydrogen-bond acceptors (Lipinski definition) is 2. The predicted octanol–water partition coefficient (Wildman–Crippen LogP) is 4.15. The zero-order chi connectivity index (χ0) is 14.5. The summed E-state index contributed by atoms with van der Waals surface area (Å²) in [5, 5.41) is 3.57. The first-order valence-electron chi connectivity index (χ1n) is 6.15. The monoisotopic (exact) mass is 308 g/mol. The molecular weight excluding hydrogens is 295 g/mol. The molecule has 0 fully saturated rings. The van der Waals surface area contributed by atoms with Crippen molar-refractivity contribution in [3.8, 4) is 0 Å². The Bertz CT molecular complexity index is 609. The average Bonchev–Trinajstić information content (AvgIpc) is 2.42. The number of halogens is 2. The van der Waals surface area contributed by atoms with Crippen LogP contribution in [-0.4, -0.2) is 5.91 Å². The minimum atomic E-state index is -0.150. The molecule has 0 saturated heterocycles. The molecule has 0 saturated carbocycles. The number of nitrogen functional groups attached to an aromatic ring is 1. The summed E-state index contributed by atoms with van der Waals surface area (Å²) in [4.78, 5) is 11.9. The number of hydrogen-bond donors (Lipinski definition) is 2. The zero-order valence-electron chi connectivity index (χ0n) is 10.7. The van der Waals surface area contributed by atoms with Gasteiger partial charge >= 0.3 is 0 Å². The Labute approximate surface area is 127 Å². The minimum Gasteiger partial charge on any atom is -0.399 e. The molecule has 0 radical (unpaired) electrons. The maximum Gasteiger partial charge on any atom is 0.224 e. The fourth-order valence-corrected chi connectivity index (χ4v) is 2.32. The van der Waals surface area contributed by atoms with Crippen molar-refractivity contribution in [2.75, 3.05) is 11.1 Å². The smallest absolute Gasteiger partial charge is 0.224 e. The topological polar surface area (TPSA) is 55.1 Å². The molecule has 2 aromatic rings. The summed E-state index contributed by atoms with van der Waals surface area (Å²) in [6.45, 7) is 0. The fraction of sp³-hybridized carbons (Fsp3) is 0.133. The lowest BCUT2D eigenvalue weighted by molar-refractivity contribution is -0.116. The van der Waals surface area contributed by atoms with Gasteiger partial charge in [0.05, 0.1) is 15.7 Å². The van der Waals surface area contributed by atoms with Crippen molar-refractivity contribution >= 4 is 40.5 Å². The van der Waals surface area contributed by atoms with Gasteiger partial charge in [0.1, 0.15) is 0 Å². The van der Waals surface area contributed by atoms with Crippen LogP contribution in [0.2, 0.25) is 10.0 Å². The Hall–Kier alpha value is -1.71. The molecule has 0 heterocycles. The highest BCUT2D eigenvalue weighted by molar-refractivity contribution is 6.39. The lowest BCUT2D eigenvalue weighted by Crippen LogP contribution is -2.13. The standard InChI is InChI=1S/C15H14Cl2N2O/c16-11-5-3-6-12(17)15(11)19-14(20)9-8-10-4-1-2-7-13(10)18/h1-7H,8-9,18H2,(H,19,20). The molecule has 0 aliphatic carbocycles. The summed E-state index contributed by atoms with van der Waals surface area (Å²) < 4.78 is 0.